The summed E-state index contributed by atoms with van der Waals surface area (Å²) in [6.45, 7) is 1.31. The van der Waals surface area contributed by atoms with Gasteiger partial charge in [0.1, 0.15) is 0 Å². The molecule has 1 amide bonds. The normalized spacial score (nSPS) is 19.2. The molecule has 1 aliphatic rings. The van der Waals surface area contributed by atoms with Crippen LogP contribution in [0.15, 0.2) is 18.2 Å². The van der Waals surface area contributed by atoms with Crippen LogP contribution in [0.5, 0.6) is 0 Å². The van der Waals surface area contributed by atoms with Crippen LogP contribution in [0.1, 0.15) is 24.8 Å². The maximum absolute atomic E-state index is 13.0. The summed E-state index contributed by atoms with van der Waals surface area (Å²) in [5.74, 6) is -1.71. The molecule has 1 atom stereocenters. The highest BCUT2D eigenvalue weighted by molar-refractivity contribution is 5.81. The lowest BCUT2D eigenvalue weighted by molar-refractivity contribution is -0.123. The number of carbonyl (C=O) groups is 1. The molecule has 0 radical (unpaired) electrons. The number of hydrogen-bond donors (Lipinski definition) is 2. The Balaban J connectivity index is 1.76. The van der Waals surface area contributed by atoms with Gasteiger partial charge < -0.3 is 10.6 Å². The van der Waals surface area contributed by atoms with Crippen LogP contribution in [0.3, 0.4) is 0 Å². The molecule has 2 N–H and O–H groups in total. The number of piperidine rings is 1. The highest BCUT2D eigenvalue weighted by atomic mass is 19.2. The minimum atomic E-state index is -0.849. The SMILES string of the molecule is O=C(NCCc1ccc(F)c(F)c1)C1CCCCN1. The molecule has 1 aromatic rings. The van der Waals surface area contributed by atoms with Crippen LogP contribution in [0.2, 0.25) is 0 Å². The van der Waals surface area contributed by atoms with Crippen molar-refractivity contribution < 1.29 is 13.6 Å². The van der Waals surface area contributed by atoms with Crippen molar-refractivity contribution in [1.29, 1.82) is 0 Å². The van der Waals surface area contributed by atoms with Crippen LogP contribution in [0.4, 0.5) is 8.78 Å². The van der Waals surface area contributed by atoms with E-state index < -0.39 is 11.6 Å². The fourth-order valence-electron chi connectivity index (χ4n) is 2.22. The number of rotatable bonds is 4. The van der Waals surface area contributed by atoms with E-state index in [1.54, 1.807) is 0 Å². The fourth-order valence-corrected chi connectivity index (χ4v) is 2.22. The molecular formula is C14H18F2N2O. The molecular weight excluding hydrogens is 250 g/mol. The first kappa shape index (κ1) is 13.9. The fraction of sp³-hybridized carbons (Fsp3) is 0.500. The van der Waals surface area contributed by atoms with Crippen molar-refractivity contribution >= 4 is 5.91 Å². The third kappa shape index (κ3) is 3.99. The molecule has 1 aliphatic heterocycles. The van der Waals surface area contributed by atoms with Crippen LogP contribution in [0.25, 0.3) is 0 Å². The van der Waals surface area contributed by atoms with Gasteiger partial charge in [-0.2, -0.15) is 0 Å². The van der Waals surface area contributed by atoms with Gasteiger partial charge in [0, 0.05) is 6.54 Å². The zero-order chi connectivity index (χ0) is 13.7. The predicted molar refractivity (Wildman–Crippen MR) is 68.7 cm³/mol. The monoisotopic (exact) mass is 268 g/mol. The summed E-state index contributed by atoms with van der Waals surface area (Å²) in [7, 11) is 0. The Kier molecular flexibility index (Phi) is 4.85. The van der Waals surface area contributed by atoms with Gasteiger partial charge in [-0.3, -0.25) is 4.79 Å². The highest BCUT2D eigenvalue weighted by Gasteiger charge is 2.19. The van der Waals surface area contributed by atoms with Crippen molar-refractivity contribution in [1.82, 2.24) is 10.6 Å². The van der Waals surface area contributed by atoms with Gasteiger partial charge in [-0.05, 0) is 43.5 Å². The molecule has 1 unspecified atom stereocenters. The molecule has 0 aliphatic carbocycles. The van der Waals surface area contributed by atoms with Gasteiger partial charge in [0.05, 0.1) is 6.04 Å². The second-order valence-electron chi connectivity index (χ2n) is 4.79. The lowest BCUT2D eigenvalue weighted by Gasteiger charge is -2.22. The van der Waals surface area contributed by atoms with E-state index in [1.807, 2.05) is 0 Å². The summed E-state index contributed by atoms with van der Waals surface area (Å²) in [6.07, 6.45) is 3.53. The number of amides is 1. The zero-order valence-electron chi connectivity index (χ0n) is 10.7. The lowest BCUT2D eigenvalue weighted by atomic mass is 10.0. The van der Waals surface area contributed by atoms with Crippen LogP contribution < -0.4 is 10.6 Å². The molecule has 5 heteroatoms. The predicted octanol–water partition coefficient (Wildman–Crippen LogP) is 1.77. The molecule has 1 aromatic carbocycles. The van der Waals surface area contributed by atoms with E-state index >= 15 is 0 Å². The summed E-state index contributed by atoms with van der Waals surface area (Å²) < 4.78 is 25.7. The average Bonchev–Trinajstić information content (AvgIpc) is 2.43. The lowest BCUT2D eigenvalue weighted by Crippen LogP contribution is -2.47. The van der Waals surface area contributed by atoms with E-state index in [4.69, 9.17) is 0 Å². The summed E-state index contributed by atoms with van der Waals surface area (Å²) in [5.41, 5.74) is 0.677. The van der Waals surface area contributed by atoms with Gasteiger partial charge in [-0.15, -0.1) is 0 Å². The first-order chi connectivity index (χ1) is 9.16. The van der Waals surface area contributed by atoms with Gasteiger partial charge >= 0.3 is 0 Å². The smallest absolute Gasteiger partial charge is 0.237 e. The van der Waals surface area contributed by atoms with E-state index in [1.165, 1.54) is 12.1 Å². The molecule has 1 fully saturated rings. The summed E-state index contributed by atoms with van der Waals surface area (Å²) in [4.78, 5) is 11.8. The first-order valence-electron chi connectivity index (χ1n) is 6.62. The number of carbonyl (C=O) groups excluding carboxylic acids is 1. The minimum Gasteiger partial charge on any atom is -0.354 e. The second kappa shape index (κ2) is 6.61. The number of hydrogen-bond acceptors (Lipinski definition) is 2. The Hall–Kier alpha value is -1.49. The van der Waals surface area contributed by atoms with E-state index in [0.29, 0.717) is 18.5 Å². The molecule has 1 saturated heterocycles. The Morgan fingerprint density at radius 2 is 2.16 bits per heavy atom. The van der Waals surface area contributed by atoms with Crippen LogP contribution in [0, 0.1) is 11.6 Å². The first-order valence-corrected chi connectivity index (χ1v) is 6.62. The summed E-state index contributed by atoms with van der Waals surface area (Å²) in [5, 5.41) is 5.98. The Labute approximate surface area is 111 Å². The van der Waals surface area contributed by atoms with Crippen LogP contribution in [-0.2, 0) is 11.2 Å². The third-order valence-corrected chi connectivity index (χ3v) is 3.32. The van der Waals surface area contributed by atoms with Gasteiger partial charge in [0.2, 0.25) is 5.91 Å². The molecule has 0 saturated carbocycles. The minimum absolute atomic E-state index is 0.0118. The molecule has 19 heavy (non-hydrogen) atoms. The summed E-state index contributed by atoms with van der Waals surface area (Å²) >= 11 is 0. The van der Waals surface area contributed by atoms with Gasteiger partial charge in [0.25, 0.3) is 0 Å². The molecule has 0 bridgehead atoms. The van der Waals surface area contributed by atoms with Gasteiger partial charge in [-0.1, -0.05) is 12.5 Å². The maximum atomic E-state index is 13.0. The second-order valence-corrected chi connectivity index (χ2v) is 4.79. The van der Waals surface area contributed by atoms with Crippen molar-refractivity contribution in [3.05, 3.63) is 35.4 Å². The molecule has 104 valence electrons. The number of nitrogens with one attached hydrogen (secondary N) is 2. The van der Waals surface area contributed by atoms with Gasteiger partial charge in [-0.25, -0.2) is 8.78 Å². The number of benzene rings is 1. The van der Waals surface area contributed by atoms with E-state index in [0.717, 1.165) is 31.9 Å². The standard InChI is InChI=1S/C14H18F2N2O/c15-11-5-4-10(9-12(11)16)6-8-18-14(19)13-3-1-2-7-17-13/h4-5,9,13,17H,1-3,6-8H2,(H,18,19). The Bertz CT molecular complexity index is 445. The molecule has 0 spiro atoms. The summed E-state index contributed by atoms with van der Waals surface area (Å²) in [6, 6.07) is 3.69. The van der Waals surface area contributed by atoms with Crippen molar-refractivity contribution in [3.8, 4) is 0 Å². The molecule has 0 aromatic heterocycles. The Morgan fingerprint density at radius 1 is 1.32 bits per heavy atom. The van der Waals surface area contributed by atoms with Crippen LogP contribution in [-0.4, -0.2) is 25.0 Å². The Morgan fingerprint density at radius 3 is 2.84 bits per heavy atom. The largest absolute Gasteiger partial charge is 0.354 e. The van der Waals surface area contributed by atoms with Crippen molar-refractivity contribution in [2.45, 2.75) is 31.7 Å². The maximum Gasteiger partial charge on any atom is 0.237 e. The third-order valence-electron chi connectivity index (χ3n) is 3.32. The molecule has 3 nitrogen and oxygen atoms in total. The van der Waals surface area contributed by atoms with E-state index in [9.17, 15) is 13.6 Å². The van der Waals surface area contributed by atoms with Gasteiger partial charge in [0.15, 0.2) is 11.6 Å². The quantitative estimate of drug-likeness (QED) is 0.873. The highest BCUT2D eigenvalue weighted by Crippen LogP contribution is 2.09. The number of halogens is 2. The topological polar surface area (TPSA) is 41.1 Å². The van der Waals surface area contributed by atoms with Crippen molar-refractivity contribution in [2.75, 3.05) is 13.1 Å². The van der Waals surface area contributed by atoms with E-state index in [2.05, 4.69) is 10.6 Å². The van der Waals surface area contributed by atoms with Crippen LogP contribution >= 0.6 is 0 Å². The van der Waals surface area contributed by atoms with Crippen molar-refractivity contribution in [3.63, 3.8) is 0 Å². The molecule has 1 heterocycles. The molecule has 2 rings (SSSR count). The average molecular weight is 268 g/mol. The van der Waals surface area contributed by atoms with Crippen molar-refractivity contribution in [2.24, 2.45) is 0 Å². The van der Waals surface area contributed by atoms with E-state index in [-0.39, 0.29) is 11.9 Å². The zero-order valence-corrected chi connectivity index (χ0v) is 10.7.